The third-order valence-corrected chi connectivity index (χ3v) is 4.84. The molecule has 0 aliphatic carbocycles. The molecule has 0 spiro atoms. The molecule has 2 heterocycles. The molecule has 9 heteroatoms. The molecular formula is C20H19N5O4. The van der Waals surface area contributed by atoms with E-state index in [-0.39, 0.29) is 12.5 Å². The van der Waals surface area contributed by atoms with Gasteiger partial charge in [0.25, 0.3) is 5.91 Å². The van der Waals surface area contributed by atoms with E-state index >= 15 is 0 Å². The largest absolute Gasteiger partial charge is 0.484 e. The van der Waals surface area contributed by atoms with Gasteiger partial charge in [-0.05, 0) is 33.7 Å². The van der Waals surface area contributed by atoms with Gasteiger partial charge in [-0.3, -0.25) is 4.79 Å². The fourth-order valence-corrected chi connectivity index (χ4v) is 3.36. The first kappa shape index (κ1) is 18.6. The lowest BCUT2D eigenvalue weighted by Gasteiger charge is -2.35. The third kappa shape index (κ3) is 3.93. The number of nitrogens with zero attached hydrogens (tertiary/aromatic N) is 5. The maximum atomic E-state index is 12.9. The molecule has 9 nitrogen and oxygen atoms in total. The van der Waals surface area contributed by atoms with Gasteiger partial charge < -0.3 is 14.4 Å². The van der Waals surface area contributed by atoms with Crippen LogP contribution in [0, 0.1) is 0 Å². The molecule has 2 aromatic carbocycles. The van der Waals surface area contributed by atoms with Crippen LogP contribution >= 0.6 is 0 Å². The summed E-state index contributed by atoms with van der Waals surface area (Å²) in [7, 11) is 1.33. The minimum atomic E-state index is -0.668. The normalized spacial score (nSPS) is 15.5. The highest BCUT2D eigenvalue weighted by Crippen LogP contribution is 2.24. The van der Waals surface area contributed by atoms with Gasteiger partial charge >= 0.3 is 5.97 Å². The van der Waals surface area contributed by atoms with Crippen LogP contribution < -0.4 is 4.74 Å². The van der Waals surface area contributed by atoms with Crippen molar-refractivity contribution in [1.82, 2.24) is 25.1 Å². The standard InChI is InChI=1S/C20H19N5O4/c1-28-20(27)18-9-14-5-2-3-6-15(14)11-24(18)19(26)12-29-17-8-4-7-16(10-17)25-13-21-22-23-25/h2-8,10,13,18H,9,11-12H2,1H3/t18-/m1/s1. The number of carbonyl (C=O) groups excluding carboxylic acids is 2. The second-order valence-electron chi connectivity index (χ2n) is 6.57. The van der Waals surface area contributed by atoms with E-state index in [0.29, 0.717) is 24.4 Å². The number of carbonyl (C=O) groups is 2. The van der Waals surface area contributed by atoms with Gasteiger partial charge in [-0.15, -0.1) is 5.10 Å². The molecule has 3 aromatic rings. The van der Waals surface area contributed by atoms with Crippen LogP contribution in [0.25, 0.3) is 5.69 Å². The Kier molecular flexibility index (Phi) is 5.19. The Morgan fingerprint density at radius 2 is 1.97 bits per heavy atom. The van der Waals surface area contributed by atoms with E-state index in [4.69, 9.17) is 9.47 Å². The molecule has 1 atom stereocenters. The lowest BCUT2D eigenvalue weighted by Crippen LogP contribution is -2.50. The summed E-state index contributed by atoms with van der Waals surface area (Å²) in [6, 6.07) is 14.2. The topological polar surface area (TPSA) is 99.4 Å². The van der Waals surface area contributed by atoms with E-state index in [2.05, 4.69) is 15.5 Å². The van der Waals surface area contributed by atoms with Crippen molar-refractivity contribution in [3.05, 3.63) is 66.0 Å². The predicted octanol–water partition coefficient (Wildman–Crippen LogP) is 1.17. The Hall–Kier alpha value is -3.75. The summed E-state index contributed by atoms with van der Waals surface area (Å²) in [6.45, 7) is 0.136. The van der Waals surface area contributed by atoms with Gasteiger partial charge in [-0.1, -0.05) is 30.3 Å². The molecule has 4 rings (SSSR count). The molecule has 148 valence electrons. The molecule has 1 aliphatic rings. The molecule has 0 saturated heterocycles. The fraction of sp³-hybridized carbons (Fsp3) is 0.250. The van der Waals surface area contributed by atoms with Crippen LogP contribution in [0.15, 0.2) is 54.9 Å². The second-order valence-corrected chi connectivity index (χ2v) is 6.57. The summed E-state index contributed by atoms with van der Waals surface area (Å²) in [5.74, 6) is -0.227. The van der Waals surface area contributed by atoms with Crippen LogP contribution in [0.5, 0.6) is 5.75 Å². The number of methoxy groups -OCH3 is 1. The Balaban J connectivity index is 1.48. The van der Waals surface area contributed by atoms with E-state index < -0.39 is 12.0 Å². The summed E-state index contributed by atoms with van der Waals surface area (Å²) in [5, 5.41) is 11.0. The van der Waals surface area contributed by atoms with Crippen LogP contribution in [0.1, 0.15) is 11.1 Å². The molecule has 0 N–H and O–H groups in total. The van der Waals surface area contributed by atoms with Crippen LogP contribution in [0.3, 0.4) is 0 Å². The number of fused-ring (bicyclic) bond motifs is 1. The van der Waals surface area contributed by atoms with Crippen molar-refractivity contribution in [3.63, 3.8) is 0 Å². The third-order valence-electron chi connectivity index (χ3n) is 4.84. The molecule has 29 heavy (non-hydrogen) atoms. The minimum absolute atomic E-state index is 0.200. The predicted molar refractivity (Wildman–Crippen MR) is 101 cm³/mol. The first-order chi connectivity index (χ1) is 14.2. The highest BCUT2D eigenvalue weighted by Gasteiger charge is 2.35. The summed E-state index contributed by atoms with van der Waals surface area (Å²) >= 11 is 0. The first-order valence-electron chi connectivity index (χ1n) is 9.06. The number of amides is 1. The minimum Gasteiger partial charge on any atom is -0.484 e. The number of benzene rings is 2. The van der Waals surface area contributed by atoms with Gasteiger partial charge in [0.05, 0.1) is 12.8 Å². The van der Waals surface area contributed by atoms with E-state index in [0.717, 1.165) is 11.1 Å². The van der Waals surface area contributed by atoms with Crippen LogP contribution in [-0.4, -0.2) is 56.7 Å². The quantitative estimate of drug-likeness (QED) is 0.600. The lowest BCUT2D eigenvalue weighted by atomic mass is 9.94. The zero-order valence-electron chi connectivity index (χ0n) is 15.8. The molecule has 1 aromatic heterocycles. The van der Waals surface area contributed by atoms with Crippen molar-refractivity contribution in [1.29, 1.82) is 0 Å². The molecule has 0 fully saturated rings. The maximum absolute atomic E-state index is 12.9. The highest BCUT2D eigenvalue weighted by molar-refractivity contribution is 5.86. The highest BCUT2D eigenvalue weighted by atomic mass is 16.5. The summed E-state index contributed by atoms with van der Waals surface area (Å²) in [5.41, 5.74) is 2.77. The monoisotopic (exact) mass is 393 g/mol. The SMILES string of the molecule is COC(=O)[C@H]1Cc2ccccc2CN1C(=O)COc1cccc(-n2cnnn2)c1. The van der Waals surface area contributed by atoms with Crippen molar-refractivity contribution in [2.45, 2.75) is 19.0 Å². The van der Waals surface area contributed by atoms with Gasteiger partial charge in [0.15, 0.2) is 6.61 Å². The number of esters is 1. The van der Waals surface area contributed by atoms with E-state index in [9.17, 15) is 9.59 Å². The molecule has 0 saturated carbocycles. The average molecular weight is 393 g/mol. The average Bonchev–Trinajstić information content (AvgIpc) is 3.31. The number of rotatable bonds is 5. The molecule has 0 unspecified atom stereocenters. The molecule has 0 radical (unpaired) electrons. The molecule has 0 bridgehead atoms. The smallest absolute Gasteiger partial charge is 0.328 e. The van der Waals surface area contributed by atoms with Crippen molar-refractivity contribution in [2.75, 3.05) is 13.7 Å². The summed E-state index contributed by atoms with van der Waals surface area (Å²) < 4.78 is 12.1. The number of ether oxygens (including phenoxy) is 2. The van der Waals surface area contributed by atoms with E-state index in [1.54, 1.807) is 18.2 Å². The Labute approximate surface area is 166 Å². The van der Waals surface area contributed by atoms with Crippen LogP contribution in [0.2, 0.25) is 0 Å². The summed E-state index contributed by atoms with van der Waals surface area (Å²) in [6.07, 6.45) is 1.89. The van der Waals surface area contributed by atoms with Crippen molar-refractivity contribution in [2.24, 2.45) is 0 Å². The lowest BCUT2D eigenvalue weighted by molar-refractivity contribution is -0.154. The van der Waals surface area contributed by atoms with Crippen molar-refractivity contribution < 1.29 is 19.1 Å². The molecule has 1 aliphatic heterocycles. The van der Waals surface area contributed by atoms with Gasteiger partial charge in [0, 0.05) is 19.0 Å². The molecular weight excluding hydrogens is 374 g/mol. The van der Waals surface area contributed by atoms with Crippen molar-refractivity contribution in [3.8, 4) is 11.4 Å². The van der Waals surface area contributed by atoms with E-state index in [1.807, 2.05) is 30.3 Å². The van der Waals surface area contributed by atoms with Crippen LogP contribution in [-0.2, 0) is 27.3 Å². The molecule has 1 amide bonds. The Morgan fingerprint density at radius 3 is 2.72 bits per heavy atom. The second kappa shape index (κ2) is 8.09. The van der Waals surface area contributed by atoms with Gasteiger partial charge in [-0.2, -0.15) is 0 Å². The number of hydrogen-bond donors (Lipinski definition) is 0. The first-order valence-corrected chi connectivity index (χ1v) is 9.06. The van der Waals surface area contributed by atoms with E-state index in [1.165, 1.54) is 23.0 Å². The van der Waals surface area contributed by atoms with Crippen LogP contribution in [0.4, 0.5) is 0 Å². The zero-order valence-corrected chi connectivity index (χ0v) is 15.8. The maximum Gasteiger partial charge on any atom is 0.328 e. The van der Waals surface area contributed by atoms with Gasteiger partial charge in [0.1, 0.15) is 18.1 Å². The number of tetrazole rings is 1. The van der Waals surface area contributed by atoms with Gasteiger partial charge in [0.2, 0.25) is 0 Å². The van der Waals surface area contributed by atoms with Gasteiger partial charge in [-0.25, -0.2) is 9.48 Å². The zero-order chi connectivity index (χ0) is 20.2. The Bertz CT molecular complexity index is 1020. The number of hydrogen-bond acceptors (Lipinski definition) is 7. The summed E-state index contributed by atoms with van der Waals surface area (Å²) in [4.78, 5) is 26.7. The number of aromatic nitrogens is 4. The van der Waals surface area contributed by atoms with Crippen molar-refractivity contribution >= 4 is 11.9 Å². The fourth-order valence-electron chi connectivity index (χ4n) is 3.36. The Morgan fingerprint density at radius 1 is 1.14 bits per heavy atom.